The van der Waals surface area contributed by atoms with Gasteiger partial charge in [-0.25, -0.2) is 4.39 Å². The van der Waals surface area contributed by atoms with Gasteiger partial charge in [0.15, 0.2) is 0 Å². The Balaban J connectivity index is 1.72. The van der Waals surface area contributed by atoms with Crippen LogP contribution in [0.15, 0.2) is 24.4 Å². The van der Waals surface area contributed by atoms with Gasteiger partial charge in [0, 0.05) is 17.1 Å². The standard InChI is InChI=1S/C16H20FN/c17-14-8-9-16-15(10-14)13(11-18-16)7-6-12-4-2-1-3-5-12/h8-12,18H,1-7H2. The van der Waals surface area contributed by atoms with Crippen LogP contribution in [0.25, 0.3) is 10.9 Å². The van der Waals surface area contributed by atoms with Crippen molar-refractivity contribution in [3.8, 4) is 0 Å². The van der Waals surface area contributed by atoms with Crippen molar-refractivity contribution in [2.24, 2.45) is 5.92 Å². The topological polar surface area (TPSA) is 15.8 Å². The fourth-order valence-corrected chi connectivity index (χ4v) is 3.19. The molecular weight excluding hydrogens is 225 g/mol. The van der Waals surface area contributed by atoms with Crippen molar-refractivity contribution in [3.63, 3.8) is 0 Å². The maximum absolute atomic E-state index is 13.3. The quantitative estimate of drug-likeness (QED) is 0.798. The van der Waals surface area contributed by atoms with Crippen LogP contribution in [-0.4, -0.2) is 4.98 Å². The van der Waals surface area contributed by atoms with Crippen molar-refractivity contribution in [1.82, 2.24) is 4.98 Å². The Morgan fingerprint density at radius 3 is 2.83 bits per heavy atom. The molecule has 18 heavy (non-hydrogen) atoms. The lowest BCUT2D eigenvalue weighted by atomic mass is 9.85. The van der Waals surface area contributed by atoms with Crippen molar-refractivity contribution in [2.45, 2.75) is 44.9 Å². The number of benzene rings is 1. The number of H-pyrrole nitrogens is 1. The van der Waals surface area contributed by atoms with Crippen molar-refractivity contribution in [2.75, 3.05) is 0 Å². The van der Waals surface area contributed by atoms with E-state index in [2.05, 4.69) is 4.98 Å². The molecule has 1 saturated carbocycles. The highest BCUT2D eigenvalue weighted by Crippen LogP contribution is 2.29. The summed E-state index contributed by atoms with van der Waals surface area (Å²) in [5, 5.41) is 1.06. The molecule has 0 radical (unpaired) electrons. The normalized spacial score (nSPS) is 17.4. The first-order chi connectivity index (χ1) is 8.83. The molecule has 0 saturated heterocycles. The molecule has 0 aliphatic heterocycles. The van der Waals surface area contributed by atoms with Gasteiger partial charge in [0.25, 0.3) is 0 Å². The van der Waals surface area contributed by atoms with Crippen LogP contribution in [0, 0.1) is 11.7 Å². The molecule has 1 fully saturated rings. The number of halogens is 1. The molecule has 0 spiro atoms. The predicted octanol–water partition coefficient (Wildman–Crippen LogP) is 4.82. The zero-order valence-electron chi connectivity index (χ0n) is 10.7. The molecule has 0 atom stereocenters. The second kappa shape index (κ2) is 5.13. The summed E-state index contributed by atoms with van der Waals surface area (Å²) in [6.45, 7) is 0. The number of fused-ring (bicyclic) bond motifs is 1. The number of hydrogen-bond acceptors (Lipinski definition) is 0. The molecule has 0 unspecified atom stereocenters. The molecule has 1 heterocycles. The molecule has 0 bridgehead atoms. The Bertz CT molecular complexity index is 523. The first-order valence-corrected chi connectivity index (χ1v) is 7.08. The molecule has 1 nitrogen and oxygen atoms in total. The van der Waals surface area contributed by atoms with Gasteiger partial charge in [-0.05, 0) is 42.5 Å². The Morgan fingerprint density at radius 1 is 1.17 bits per heavy atom. The Hall–Kier alpha value is -1.31. The number of aromatic amines is 1. The largest absolute Gasteiger partial charge is 0.361 e. The number of hydrogen-bond donors (Lipinski definition) is 1. The van der Waals surface area contributed by atoms with Gasteiger partial charge in [-0.3, -0.25) is 0 Å². The summed E-state index contributed by atoms with van der Waals surface area (Å²) in [6.07, 6.45) is 11.4. The summed E-state index contributed by atoms with van der Waals surface area (Å²) in [7, 11) is 0. The summed E-state index contributed by atoms with van der Waals surface area (Å²) in [4.78, 5) is 3.24. The fraction of sp³-hybridized carbons (Fsp3) is 0.500. The first kappa shape index (κ1) is 11.8. The highest BCUT2D eigenvalue weighted by atomic mass is 19.1. The average molecular weight is 245 g/mol. The maximum atomic E-state index is 13.3. The van der Waals surface area contributed by atoms with Crippen LogP contribution in [0.5, 0.6) is 0 Å². The van der Waals surface area contributed by atoms with Crippen molar-refractivity contribution >= 4 is 10.9 Å². The minimum atomic E-state index is -0.138. The second-order valence-electron chi connectivity index (χ2n) is 5.55. The lowest BCUT2D eigenvalue weighted by molar-refractivity contribution is 0.339. The molecule has 1 N–H and O–H groups in total. The lowest BCUT2D eigenvalue weighted by Gasteiger charge is -2.21. The highest BCUT2D eigenvalue weighted by molar-refractivity contribution is 5.83. The highest BCUT2D eigenvalue weighted by Gasteiger charge is 2.14. The molecule has 1 aromatic carbocycles. The van der Waals surface area contributed by atoms with E-state index >= 15 is 0 Å². The van der Waals surface area contributed by atoms with Gasteiger partial charge in [0.2, 0.25) is 0 Å². The van der Waals surface area contributed by atoms with Crippen LogP contribution in [-0.2, 0) is 6.42 Å². The predicted molar refractivity (Wildman–Crippen MR) is 73.2 cm³/mol. The minimum absolute atomic E-state index is 0.138. The van der Waals surface area contributed by atoms with E-state index in [9.17, 15) is 4.39 Å². The van der Waals surface area contributed by atoms with Crippen LogP contribution >= 0.6 is 0 Å². The zero-order valence-corrected chi connectivity index (χ0v) is 10.7. The van der Waals surface area contributed by atoms with E-state index in [0.717, 1.165) is 23.2 Å². The van der Waals surface area contributed by atoms with Crippen molar-refractivity contribution < 1.29 is 4.39 Å². The van der Waals surface area contributed by atoms with E-state index in [1.165, 1.54) is 50.2 Å². The van der Waals surface area contributed by atoms with E-state index in [1.54, 1.807) is 6.07 Å². The molecule has 96 valence electrons. The second-order valence-corrected chi connectivity index (χ2v) is 5.55. The van der Waals surface area contributed by atoms with Crippen LogP contribution in [0.3, 0.4) is 0 Å². The van der Waals surface area contributed by atoms with Crippen LogP contribution in [0.4, 0.5) is 4.39 Å². The smallest absolute Gasteiger partial charge is 0.123 e. The summed E-state index contributed by atoms with van der Waals surface area (Å²) in [5.41, 5.74) is 2.32. The van der Waals surface area contributed by atoms with Gasteiger partial charge in [-0.2, -0.15) is 0 Å². The number of aryl methyl sites for hydroxylation is 1. The molecule has 3 rings (SSSR count). The third kappa shape index (κ3) is 2.43. The van der Waals surface area contributed by atoms with Crippen LogP contribution in [0.1, 0.15) is 44.1 Å². The average Bonchev–Trinajstić information content (AvgIpc) is 2.80. The van der Waals surface area contributed by atoms with Gasteiger partial charge in [0.1, 0.15) is 5.82 Å². The maximum Gasteiger partial charge on any atom is 0.123 e. The Kier molecular flexibility index (Phi) is 3.35. The zero-order chi connectivity index (χ0) is 12.4. The van der Waals surface area contributed by atoms with Crippen LogP contribution < -0.4 is 0 Å². The molecular formula is C16H20FN. The number of nitrogens with one attached hydrogen (secondary N) is 1. The van der Waals surface area contributed by atoms with E-state index in [-0.39, 0.29) is 5.82 Å². The van der Waals surface area contributed by atoms with Crippen LogP contribution in [0.2, 0.25) is 0 Å². The monoisotopic (exact) mass is 245 g/mol. The van der Waals surface area contributed by atoms with E-state index in [1.807, 2.05) is 12.3 Å². The third-order valence-corrected chi connectivity index (χ3v) is 4.28. The molecule has 0 amide bonds. The van der Waals surface area contributed by atoms with E-state index in [0.29, 0.717) is 0 Å². The SMILES string of the molecule is Fc1ccc2[nH]cc(CCC3CCCCC3)c2c1. The summed E-state index contributed by atoms with van der Waals surface area (Å²) < 4.78 is 13.3. The first-order valence-electron chi connectivity index (χ1n) is 7.08. The molecule has 2 heteroatoms. The van der Waals surface area contributed by atoms with Gasteiger partial charge < -0.3 is 4.98 Å². The molecule has 2 aromatic rings. The van der Waals surface area contributed by atoms with Crippen molar-refractivity contribution in [1.29, 1.82) is 0 Å². The van der Waals surface area contributed by atoms with Crippen molar-refractivity contribution in [3.05, 3.63) is 35.8 Å². The van der Waals surface area contributed by atoms with Gasteiger partial charge in [0.05, 0.1) is 0 Å². The van der Waals surface area contributed by atoms with Gasteiger partial charge in [-0.1, -0.05) is 32.1 Å². The molecule has 1 aromatic heterocycles. The molecule has 1 aliphatic carbocycles. The summed E-state index contributed by atoms with van der Waals surface area (Å²) in [5.74, 6) is 0.748. The Labute approximate surface area is 107 Å². The van der Waals surface area contributed by atoms with E-state index in [4.69, 9.17) is 0 Å². The number of aromatic nitrogens is 1. The van der Waals surface area contributed by atoms with E-state index < -0.39 is 0 Å². The molecule has 1 aliphatic rings. The Morgan fingerprint density at radius 2 is 2.00 bits per heavy atom. The van der Waals surface area contributed by atoms with Gasteiger partial charge >= 0.3 is 0 Å². The lowest BCUT2D eigenvalue weighted by Crippen LogP contribution is -2.07. The summed E-state index contributed by atoms with van der Waals surface area (Å²) in [6, 6.07) is 5.00. The fourth-order valence-electron chi connectivity index (χ4n) is 3.19. The van der Waals surface area contributed by atoms with Gasteiger partial charge in [-0.15, -0.1) is 0 Å². The summed E-state index contributed by atoms with van der Waals surface area (Å²) >= 11 is 0. The minimum Gasteiger partial charge on any atom is -0.361 e. The number of rotatable bonds is 3. The third-order valence-electron chi connectivity index (χ3n) is 4.28.